The van der Waals surface area contributed by atoms with E-state index >= 15 is 0 Å². The van der Waals surface area contributed by atoms with Crippen molar-refractivity contribution < 1.29 is 9.53 Å². The predicted molar refractivity (Wildman–Crippen MR) is 70.6 cm³/mol. The topological polar surface area (TPSA) is 65.4 Å². The van der Waals surface area contributed by atoms with E-state index in [9.17, 15) is 4.79 Å². The Kier molecular flexibility index (Phi) is 9.31. The molecule has 0 aromatic carbocycles. The highest BCUT2D eigenvalue weighted by Gasteiger charge is 2.15. The van der Waals surface area contributed by atoms with Gasteiger partial charge in [-0.05, 0) is 30.3 Å². The number of rotatable bonds is 6. The molecule has 0 spiro atoms. The van der Waals surface area contributed by atoms with Crippen LogP contribution < -0.4 is 5.32 Å². The summed E-state index contributed by atoms with van der Waals surface area (Å²) in [5.41, 5.74) is 0. The lowest BCUT2D eigenvalue weighted by molar-refractivity contribution is 0.235. The molecule has 0 saturated heterocycles. The third-order valence-electron chi connectivity index (χ3n) is 1.33. The van der Waals surface area contributed by atoms with Crippen molar-refractivity contribution in [3.05, 3.63) is 0 Å². The van der Waals surface area contributed by atoms with Gasteiger partial charge < -0.3 is 4.74 Å². The van der Waals surface area contributed by atoms with Gasteiger partial charge in [0.05, 0.1) is 6.61 Å². The minimum atomic E-state index is -0.320. The highest BCUT2D eigenvalue weighted by molar-refractivity contribution is 8.12. The molecule has 2 amide bonds. The molecule has 0 rings (SSSR count). The Bertz CT molecular complexity index is 221. The number of urea groups is 1. The van der Waals surface area contributed by atoms with Crippen LogP contribution in [0.4, 0.5) is 4.79 Å². The first-order valence-electron chi connectivity index (χ1n) is 5.23. The predicted octanol–water partition coefficient (Wildman–Crippen LogP) is 2.70. The van der Waals surface area contributed by atoms with E-state index in [1.165, 1.54) is 27.6 Å². The van der Waals surface area contributed by atoms with Crippen LogP contribution >= 0.6 is 23.9 Å². The SMILES string of the molecule is CCCOC(=N)NC(=O)N(SCC)SCC. The van der Waals surface area contributed by atoms with Crippen LogP contribution in [0.3, 0.4) is 0 Å². The molecule has 2 N–H and O–H groups in total. The molecule has 0 unspecified atom stereocenters. The first kappa shape index (κ1) is 15.4. The lowest BCUT2D eigenvalue weighted by Crippen LogP contribution is -2.37. The van der Waals surface area contributed by atoms with Gasteiger partial charge in [-0.15, -0.1) is 0 Å². The minimum absolute atomic E-state index is 0.190. The van der Waals surface area contributed by atoms with E-state index in [-0.39, 0.29) is 12.1 Å². The van der Waals surface area contributed by atoms with Crippen molar-refractivity contribution in [2.24, 2.45) is 0 Å². The van der Waals surface area contributed by atoms with Crippen LogP contribution in [-0.4, -0.2) is 33.9 Å². The van der Waals surface area contributed by atoms with Crippen LogP contribution in [0.15, 0.2) is 0 Å². The second-order valence-electron chi connectivity index (χ2n) is 2.70. The summed E-state index contributed by atoms with van der Waals surface area (Å²) in [6, 6.07) is -0.509. The molecule has 7 heteroatoms. The van der Waals surface area contributed by atoms with E-state index in [4.69, 9.17) is 10.1 Å². The van der Waals surface area contributed by atoms with Crippen molar-refractivity contribution in [3.63, 3.8) is 0 Å². The van der Waals surface area contributed by atoms with Crippen LogP contribution in [-0.2, 0) is 4.74 Å². The molecule has 5 nitrogen and oxygen atoms in total. The standard InChI is InChI=1S/C9H19N3O2S2/c1-4-7-14-8(10)11-9(13)12(15-5-2)16-6-3/h4-7H2,1-3H3,(H2,10,11,13). The number of ether oxygens (including phenoxy) is 1. The summed E-state index contributed by atoms with van der Waals surface area (Å²) >= 11 is 2.81. The molecule has 0 fully saturated rings. The van der Waals surface area contributed by atoms with E-state index in [2.05, 4.69) is 5.32 Å². The Morgan fingerprint density at radius 2 is 1.88 bits per heavy atom. The fourth-order valence-electron chi connectivity index (χ4n) is 0.772. The monoisotopic (exact) mass is 265 g/mol. The summed E-state index contributed by atoms with van der Waals surface area (Å²) < 4.78 is 6.51. The third kappa shape index (κ3) is 6.84. The van der Waals surface area contributed by atoms with Crippen molar-refractivity contribution in [3.8, 4) is 0 Å². The van der Waals surface area contributed by atoms with Crippen molar-refractivity contribution in [1.29, 1.82) is 5.41 Å². The summed E-state index contributed by atoms with van der Waals surface area (Å²) in [7, 11) is 0. The van der Waals surface area contributed by atoms with Gasteiger partial charge in [-0.2, -0.15) is 0 Å². The zero-order valence-corrected chi connectivity index (χ0v) is 11.5. The normalized spacial score (nSPS) is 9.69. The number of hydrogen-bond donors (Lipinski definition) is 2. The van der Waals surface area contributed by atoms with Crippen LogP contribution in [0.5, 0.6) is 0 Å². The summed E-state index contributed by atoms with van der Waals surface area (Å²) in [4.78, 5) is 11.6. The third-order valence-corrected chi connectivity index (χ3v) is 3.28. The highest BCUT2D eigenvalue weighted by Crippen LogP contribution is 2.20. The van der Waals surface area contributed by atoms with Crippen LogP contribution in [0.2, 0.25) is 0 Å². The summed E-state index contributed by atoms with van der Waals surface area (Å²) in [5, 5.41) is 9.77. The Morgan fingerprint density at radius 3 is 2.31 bits per heavy atom. The van der Waals surface area contributed by atoms with Gasteiger partial charge >= 0.3 is 6.03 Å². The molecule has 0 saturated carbocycles. The molecule has 0 aliphatic heterocycles. The van der Waals surface area contributed by atoms with Crippen LogP contribution in [0.1, 0.15) is 27.2 Å². The number of hydrogen-bond acceptors (Lipinski definition) is 5. The van der Waals surface area contributed by atoms with Crippen molar-refractivity contribution >= 4 is 35.9 Å². The Hall–Kier alpha value is -0.560. The molecule has 16 heavy (non-hydrogen) atoms. The van der Waals surface area contributed by atoms with E-state index < -0.39 is 0 Å². The lowest BCUT2D eigenvalue weighted by Gasteiger charge is -2.18. The van der Waals surface area contributed by atoms with Crippen molar-refractivity contribution in [2.75, 3.05) is 18.1 Å². The van der Waals surface area contributed by atoms with Gasteiger partial charge in [0.1, 0.15) is 0 Å². The van der Waals surface area contributed by atoms with Gasteiger partial charge in [-0.1, -0.05) is 20.8 Å². The quantitative estimate of drug-likeness (QED) is 0.440. The summed E-state index contributed by atoms with van der Waals surface area (Å²) in [5.74, 6) is 1.62. The second-order valence-corrected chi connectivity index (χ2v) is 5.33. The molecule has 0 atom stereocenters. The van der Waals surface area contributed by atoms with Gasteiger partial charge in [0, 0.05) is 11.5 Å². The molecular weight excluding hydrogens is 246 g/mol. The maximum absolute atomic E-state index is 11.6. The first-order valence-corrected chi connectivity index (χ1v) is 7.12. The number of amidine groups is 1. The fourth-order valence-corrected chi connectivity index (χ4v) is 2.50. The molecule has 0 aromatic heterocycles. The number of amides is 2. The minimum Gasteiger partial charge on any atom is -0.465 e. The van der Waals surface area contributed by atoms with Gasteiger partial charge in [-0.3, -0.25) is 10.7 Å². The molecule has 0 aliphatic carbocycles. The highest BCUT2D eigenvalue weighted by atomic mass is 32.2. The number of nitrogens with zero attached hydrogens (tertiary/aromatic N) is 1. The molecule has 0 radical (unpaired) electrons. The van der Waals surface area contributed by atoms with Crippen LogP contribution in [0.25, 0.3) is 0 Å². The van der Waals surface area contributed by atoms with Crippen molar-refractivity contribution in [1.82, 2.24) is 9.03 Å². The number of nitrogens with one attached hydrogen (secondary N) is 2. The molecule has 0 heterocycles. The van der Waals surface area contributed by atoms with E-state index in [1.54, 1.807) is 0 Å². The number of carbonyl (C=O) groups excluding carboxylic acids is 1. The Labute approximate surface area is 105 Å². The van der Waals surface area contributed by atoms with Gasteiger partial charge in [-0.25, -0.2) is 8.51 Å². The lowest BCUT2D eigenvalue weighted by atomic mass is 10.5. The summed E-state index contributed by atoms with van der Waals surface area (Å²) in [6.07, 6.45) is 0.815. The van der Waals surface area contributed by atoms with E-state index in [0.717, 1.165) is 17.9 Å². The van der Waals surface area contributed by atoms with Gasteiger partial charge in [0.2, 0.25) is 0 Å². The molecular formula is C9H19N3O2S2. The van der Waals surface area contributed by atoms with Crippen molar-refractivity contribution in [2.45, 2.75) is 27.2 Å². The largest absolute Gasteiger partial charge is 0.465 e. The molecule has 0 aromatic rings. The average Bonchev–Trinajstić information content (AvgIpc) is 2.26. The fraction of sp³-hybridized carbons (Fsp3) is 0.778. The van der Waals surface area contributed by atoms with Gasteiger partial charge in [0.25, 0.3) is 6.02 Å². The molecule has 94 valence electrons. The average molecular weight is 265 g/mol. The Balaban J connectivity index is 4.02. The smallest absolute Gasteiger partial charge is 0.345 e. The second kappa shape index (κ2) is 9.65. The maximum atomic E-state index is 11.6. The van der Waals surface area contributed by atoms with Gasteiger partial charge in [0.15, 0.2) is 0 Å². The first-order chi connectivity index (χ1) is 7.65. The van der Waals surface area contributed by atoms with Crippen LogP contribution in [0, 0.1) is 5.41 Å². The van der Waals surface area contributed by atoms with E-state index in [0.29, 0.717) is 6.61 Å². The summed E-state index contributed by atoms with van der Waals surface area (Å²) in [6.45, 7) is 6.34. The molecule has 0 aliphatic rings. The number of carbonyl (C=O) groups is 1. The maximum Gasteiger partial charge on any atom is 0.345 e. The zero-order chi connectivity index (χ0) is 12.4. The zero-order valence-electron chi connectivity index (χ0n) is 9.91. The molecule has 0 bridgehead atoms. The van der Waals surface area contributed by atoms with E-state index in [1.807, 2.05) is 20.8 Å². The Morgan fingerprint density at radius 1 is 1.31 bits per heavy atom.